The molecule has 2 aromatic rings. The van der Waals surface area contributed by atoms with Crippen molar-refractivity contribution in [2.45, 2.75) is 18.9 Å². The van der Waals surface area contributed by atoms with E-state index in [9.17, 15) is 10.1 Å². The van der Waals surface area contributed by atoms with Gasteiger partial charge in [-0.25, -0.2) is 0 Å². The van der Waals surface area contributed by atoms with Crippen molar-refractivity contribution >= 4 is 0 Å². The zero-order valence-electron chi connectivity index (χ0n) is 10.4. The number of rotatable bonds is 2. The predicted octanol–water partition coefficient (Wildman–Crippen LogP) is 3.59. The summed E-state index contributed by atoms with van der Waals surface area (Å²) in [6, 6.07) is 14.3. The maximum Gasteiger partial charge on any atom is 0.221 e. The Morgan fingerprint density at radius 3 is 2.00 bits per heavy atom. The van der Waals surface area contributed by atoms with Gasteiger partial charge in [-0.15, -0.1) is 0 Å². The molecule has 1 unspecified atom stereocenters. The van der Waals surface area contributed by atoms with E-state index < -0.39 is 6.04 Å². The van der Waals surface area contributed by atoms with E-state index in [4.69, 9.17) is 4.74 Å². The van der Waals surface area contributed by atoms with Crippen molar-refractivity contribution in [3.8, 4) is 11.5 Å². The van der Waals surface area contributed by atoms with Gasteiger partial charge in [0.1, 0.15) is 11.5 Å². The summed E-state index contributed by atoms with van der Waals surface area (Å²) in [5.41, 5.74) is 1.76. The molecule has 0 radical (unpaired) electrons. The Morgan fingerprint density at radius 2 is 1.53 bits per heavy atom. The lowest BCUT2D eigenvalue weighted by atomic mass is 9.83. The van der Waals surface area contributed by atoms with E-state index >= 15 is 0 Å². The first-order valence-electron chi connectivity index (χ1n) is 6.17. The van der Waals surface area contributed by atoms with Crippen LogP contribution in [0.15, 0.2) is 48.5 Å². The van der Waals surface area contributed by atoms with E-state index in [0.717, 1.165) is 11.1 Å². The van der Waals surface area contributed by atoms with Crippen molar-refractivity contribution in [2.75, 3.05) is 0 Å². The molecule has 0 spiro atoms. The third-order valence-electron chi connectivity index (χ3n) is 3.54. The first kappa shape index (κ1) is 11.7. The molecule has 0 saturated heterocycles. The number of nitrogens with zero attached hydrogens (tertiary/aromatic N) is 1. The Kier molecular flexibility index (Phi) is 2.71. The minimum atomic E-state index is -0.689. The summed E-state index contributed by atoms with van der Waals surface area (Å²) < 4.78 is 5.81. The van der Waals surface area contributed by atoms with Crippen LogP contribution >= 0.6 is 0 Å². The van der Waals surface area contributed by atoms with E-state index in [0.29, 0.717) is 11.5 Å². The molecule has 0 aromatic heterocycles. The Labute approximate surface area is 110 Å². The second-order valence-corrected chi connectivity index (χ2v) is 4.68. The van der Waals surface area contributed by atoms with Crippen LogP contribution in [0, 0.1) is 10.1 Å². The van der Waals surface area contributed by atoms with E-state index in [2.05, 4.69) is 0 Å². The quantitative estimate of drug-likeness (QED) is 0.608. The molecular formula is C15H13NO3. The molecular weight excluding hydrogens is 242 g/mol. The molecule has 1 atom stereocenters. The van der Waals surface area contributed by atoms with Crippen molar-refractivity contribution in [3.05, 3.63) is 69.8 Å². The predicted molar refractivity (Wildman–Crippen MR) is 71.3 cm³/mol. The molecule has 0 fully saturated rings. The van der Waals surface area contributed by atoms with Crippen molar-refractivity contribution < 1.29 is 9.66 Å². The summed E-state index contributed by atoms with van der Waals surface area (Å²) in [5, 5.41) is 11.2. The summed E-state index contributed by atoms with van der Waals surface area (Å²) in [7, 11) is 0. The molecule has 1 aliphatic rings. The van der Waals surface area contributed by atoms with Gasteiger partial charge in [0.05, 0.1) is 5.92 Å². The average molecular weight is 255 g/mol. The van der Waals surface area contributed by atoms with Gasteiger partial charge in [-0.2, -0.15) is 0 Å². The first-order chi connectivity index (χ1) is 9.18. The molecule has 96 valence electrons. The molecule has 0 bridgehead atoms. The van der Waals surface area contributed by atoms with Crippen LogP contribution in [0.1, 0.15) is 24.0 Å². The Hall–Kier alpha value is -2.36. The SMILES string of the molecule is CC(C1c2ccccc2Oc2ccccc21)[N+](=O)[O-]. The highest BCUT2D eigenvalue weighted by Crippen LogP contribution is 2.45. The van der Waals surface area contributed by atoms with E-state index in [-0.39, 0.29) is 10.8 Å². The molecule has 0 saturated carbocycles. The van der Waals surface area contributed by atoms with Crippen LogP contribution in [0.4, 0.5) is 0 Å². The van der Waals surface area contributed by atoms with Gasteiger partial charge in [-0.3, -0.25) is 10.1 Å². The van der Waals surface area contributed by atoms with E-state index in [1.165, 1.54) is 0 Å². The number of ether oxygens (including phenoxy) is 1. The second kappa shape index (κ2) is 4.39. The molecule has 3 rings (SSSR count). The second-order valence-electron chi connectivity index (χ2n) is 4.68. The van der Waals surface area contributed by atoms with Crippen LogP contribution in [0.3, 0.4) is 0 Å². The third kappa shape index (κ3) is 1.85. The average Bonchev–Trinajstić information content (AvgIpc) is 2.43. The smallest absolute Gasteiger partial charge is 0.221 e. The molecule has 0 aliphatic carbocycles. The van der Waals surface area contributed by atoms with Crippen molar-refractivity contribution in [1.29, 1.82) is 0 Å². The highest BCUT2D eigenvalue weighted by Gasteiger charge is 2.36. The molecule has 19 heavy (non-hydrogen) atoms. The van der Waals surface area contributed by atoms with E-state index in [1.54, 1.807) is 6.92 Å². The highest BCUT2D eigenvalue weighted by atomic mass is 16.6. The standard InChI is InChI=1S/C15H13NO3/c1-10(16(17)18)15-11-6-2-4-8-13(11)19-14-9-5-3-7-12(14)15/h2-10,15H,1H3. The summed E-state index contributed by atoms with van der Waals surface area (Å²) in [6.45, 7) is 1.64. The lowest BCUT2D eigenvalue weighted by molar-refractivity contribution is -0.520. The lowest BCUT2D eigenvalue weighted by Crippen LogP contribution is -2.27. The van der Waals surface area contributed by atoms with Gasteiger partial charge >= 0.3 is 0 Å². The number of benzene rings is 2. The largest absolute Gasteiger partial charge is 0.457 e. The van der Waals surface area contributed by atoms with Gasteiger partial charge in [0.2, 0.25) is 6.04 Å². The van der Waals surface area contributed by atoms with Crippen LogP contribution in [0.5, 0.6) is 11.5 Å². The van der Waals surface area contributed by atoms with Gasteiger partial charge in [-0.1, -0.05) is 36.4 Å². The van der Waals surface area contributed by atoms with E-state index in [1.807, 2.05) is 48.5 Å². The van der Waals surface area contributed by atoms with Crippen LogP contribution < -0.4 is 4.74 Å². The van der Waals surface area contributed by atoms with Gasteiger partial charge in [-0.05, 0) is 12.1 Å². The Balaban J connectivity index is 2.19. The number of hydrogen-bond donors (Lipinski definition) is 0. The summed E-state index contributed by atoms with van der Waals surface area (Å²) in [4.78, 5) is 11.0. The minimum absolute atomic E-state index is 0.233. The minimum Gasteiger partial charge on any atom is -0.457 e. The fourth-order valence-corrected chi connectivity index (χ4v) is 2.59. The van der Waals surface area contributed by atoms with Gasteiger partial charge in [0.25, 0.3) is 0 Å². The van der Waals surface area contributed by atoms with Gasteiger partial charge < -0.3 is 4.74 Å². The fourth-order valence-electron chi connectivity index (χ4n) is 2.59. The molecule has 4 heteroatoms. The Bertz CT molecular complexity index is 593. The third-order valence-corrected chi connectivity index (χ3v) is 3.54. The number of para-hydroxylation sites is 2. The zero-order valence-corrected chi connectivity index (χ0v) is 10.4. The highest BCUT2D eigenvalue weighted by molar-refractivity contribution is 5.53. The van der Waals surface area contributed by atoms with Crippen molar-refractivity contribution in [3.63, 3.8) is 0 Å². The summed E-state index contributed by atoms with van der Waals surface area (Å²) >= 11 is 0. The summed E-state index contributed by atoms with van der Waals surface area (Å²) in [6.07, 6.45) is 0. The summed E-state index contributed by atoms with van der Waals surface area (Å²) in [5.74, 6) is 1.15. The number of nitro groups is 1. The normalized spacial score (nSPS) is 15.0. The molecule has 4 nitrogen and oxygen atoms in total. The van der Waals surface area contributed by atoms with Gasteiger partial charge in [0.15, 0.2) is 0 Å². The number of fused-ring (bicyclic) bond motifs is 2. The molecule has 1 aliphatic heterocycles. The van der Waals surface area contributed by atoms with Crippen LogP contribution in [0.2, 0.25) is 0 Å². The topological polar surface area (TPSA) is 52.4 Å². The molecule has 1 heterocycles. The Morgan fingerprint density at radius 1 is 1.05 bits per heavy atom. The van der Waals surface area contributed by atoms with Crippen LogP contribution in [-0.2, 0) is 0 Å². The maximum absolute atomic E-state index is 11.2. The zero-order chi connectivity index (χ0) is 13.4. The van der Waals surface area contributed by atoms with Crippen molar-refractivity contribution in [1.82, 2.24) is 0 Å². The molecule has 2 aromatic carbocycles. The molecule has 0 N–H and O–H groups in total. The van der Waals surface area contributed by atoms with Crippen LogP contribution in [0.25, 0.3) is 0 Å². The molecule has 0 amide bonds. The van der Waals surface area contributed by atoms with Crippen molar-refractivity contribution in [2.24, 2.45) is 0 Å². The first-order valence-corrected chi connectivity index (χ1v) is 6.17. The monoisotopic (exact) mass is 255 g/mol. The fraction of sp³-hybridized carbons (Fsp3) is 0.200. The lowest BCUT2D eigenvalue weighted by Gasteiger charge is -2.28. The van der Waals surface area contributed by atoms with Crippen LogP contribution in [-0.4, -0.2) is 11.0 Å². The maximum atomic E-state index is 11.2. The van der Waals surface area contributed by atoms with Gasteiger partial charge in [0, 0.05) is 23.0 Å². The number of hydrogen-bond acceptors (Lipinski definition) is 3.